The molecule has 0 fully saturated rings. The summed E-state index contributed by atoms with van der Waals surface area (Å²) in [5.41, 5.74) is 0.422. The highest BCUT2D eigenvalue weighted by molar-refractivity contribution is 5.76. The van der Waals surface area contributed by atoms with Gasteiger partial charge in [0.1, 0.15) is 0 Å². The Labute approximate surface area is 86.2 Å². The lowest BCUT2D eigenvalue weighted by atomic mass is 10.1. The highest BCUT2D eigenvalue weighted by atomic mass is 16.7. The third kappa shape index (κ3) is 1.73. The maximum Gasteiger partial charge on any atom is 0.339 e. The number of esters is 1. The van der Waals surface area contributed by atoms with Crippen molar-refractivity contribution >= 4 is 5.97 Å². The first kappa shape index (κ1) is 9.79. The molecule has 1 heterocycles. The number of aliphatic hydroxyl groups is 1. The number of hydrogen-bond donors (Lipinski definition) is 1. The molecule has 1 N–H and O–H groups in total. The van der Waals surface area contributed by atoms with Gasteiger partial charge in [0, 0.05) is 0 Å². The molecule has 0 radical (unpaired) electrons. The van der Waals surface area contributed by atoms with Gasteiger partial charge in [-0.25, -0.2) is 4.79 Å². The monoisotopic (exact) mass is 210 g/mol. The second kappa shape index (κ2) is 3.78. The first-order valence-corrected chi connectivity index (χ1v) is 4.38. The van der Waals surface area contributed by atoms with Crippen molar-refractivity contribution < 1.29 is 24.1 Å². The smallest absolute Gasteiger partial charge is 0.339 e. The van der Waals surface area contributed by atoms with E-state index in [2.05, 4.69) is 4.74 Å². The first-order chi connectivity index (χ1) is 7.22. The Balaban J connectivity index is 2.26. The number of benzene rings is 1. The van der Waals surface area contributed by atoms with Gasteiger partial charge in [0.25, 0.3) is 0 Å². The molecule has 1 aliphatic rings. The SMILES string of the molecule is COC(=O)[C@@H](O)c1ccc2c(c1)OCO2. The lowest BCUT2D eigenvalue weighted by Gasteiger charge is -2.08. The molecule has 0 saturated carbocycles. The highest BCUT2D eigenvalue weighted by Crippen LogP contribution is 2.34. The summed E-state index contributed by atoms with van der Waals surface area (Å²) >= 11 is 0. The van der Waals surface area contributed by atoms with E-state index in [1.54, 1.807) is 18.2 Å². The highest BCUT2D eigenvalue weighted by Gasteiger charge is 2.21. The summed E-state index contributed by atoms with van der Waals surface area (Å²) in [5, 5.41) is 9.55. The predicted molar refractivity (Wildman–Crippen MR) is 49.5 cm³/mol. The molecule has 0 aromatic heterocycles. The van der Waals surface area contributed by atoms with Crippen LogP contribution in [0.2, 0.25) is 0 Å². The van der Waals surface area contributed by atoms with E-state index in [9.17, 15) is 9.90 Å². The standard InChI is InChI=1S/C10H10O5/c1-13-10(12)9(11)6-2-3-7-8(4-6)15-5-14-7/h2-4,9,11H,5H2,1H3/t9-/m0/s1. The van der Waals surface area contributed by atoms with Crippen LogP contribution < -0.4 is 9.47 Å². The van der Waals surface area contributed by atoms with Gasteiger partial charge in [-0.05, 0) is 17.7 Å². The molecule has 0 aliphatic carbocycles. The lowest BCUT2D eigenvalue weighted by molar-refractivity contribution is -0.150. The van der Waals surface area contributed by atoms with Crippen LogP contribution in [0.4, 0.5) is 0 Å². The van der Waals surface area contributed by atoms with E-state index in [4.69, 9.17) is 9.47 Å². The van der Waals surface area contributed by atoms with Crippen LogP contribution in [0.1, 0.15) is 11.7 Å². The molecule has 1 atom stereocenters. The van der Waals surface area contributed by atoms with E-state index >= 15 is 0 Å². The summed E-state index contributed by atoms with van der Waals surface area (Å²) in [6.45, 7) is 0.160. The minimum atomic E-state index is -1.29. The van der Waals surface area contributed by atoms with E-state index in [0.717, 1.165) is 0 Å². The van der Waals surface area contributed by atoms with Crippen molar-refractivity contribution in [2.24, 2.45) is 0 Å². The average molecular weight is 210 g/mol. The number of fused-ring (bicyclic) bond motifs is 1. The van der Waals surface area contributed by atoms with Gasteiger partial charge in [0.05, 0.1) is 7.11 Å². The fourth-order valence-electron chi connectivity index (χ4n) is 1.33. The van der Waals surface area contributed by atoms with Gasteiger partial charge >= 0.3 is 5.97 Å². The normalized spacial score (nSPS) is 14.8. The second-order valence-corrected chi connectivity index (χ2v) is 3.04. The van der Waals surface area contributed by atoms with Crippen LogP contribution in [-0.4, -0.2) is 25.0 Å². The van der Waals surface area contributed by atoms with Crippen LogP contribution in [0, 0.1) is 0 Å². The molecule has 0 amide bonds. The summed E-state index contributed by atoms with van der Waals surface area (Å²) < 4.78 is 14.6. The second-order valence-electron chi connectivity index (χ2n) is 3.04. The van der Waals surface area contributed by atoms with Crippen molar-refractivity contribution in [3.8, 4) is 11.5 Å². The maximum atomic E-state index is 11.1. The molecule has 0 saturated heterocycles. The van der Waals surface area contributed by atoms with E-state index < -0.39 is 12.1 Å². The number of rotatable bonds is 2. The fraction of sp³-hybridized carbons (Fsp3) is 0.300. The minimum absolute atomic E-state index is 0.160. The van der Waals surface area contributed by atoms with Crippen LogP contribution in [0.5, 0.6) is 11.5 Å². The van der Waals surface area contributed by atoms with E-state index in [0.29, 0.717) is 17.1 Å². The van der Waals surface area contributed by atoms with E-state index in [1.165, 1.54) is 7.11 Å². The summed E-state index contributed by atoms with van der Waals surface area (Å²) in [6, 6.07) is 4.79. The predicted octanol–water partition coefficient (Wildman–Crippen LogP) is 0.622. The number of carbonyl (C=O) groups excluding carboxylic acids is 1. The maximum absolute atomic E-state index is 11.1. The molecular weight excluding hydrogens is 200 g/mol. The van der Waals surface area contributed by atoms with Crippen molar-refractivity contribution in [1.29, 1.82) is 0 Å². The van der Waals surface area contributed by atoms with Gasteiger partial charge in [-0.2, -0.15) is 0 Å². The Morgan fingerprint density at radius 2 is 2.20 bits per heavy atom. The molecule has 5 nitrogen and oxygen atoms in total. The van der Waals surface area contributed by atoms with E-state index in [1.807, 2.05) is 0 Å². The van der Waals surface area contributed by atoms with Gasteiger partial charge in [0.2, 0.25) is 6.79 Å². The largest absolute Gasteiger partial charge is 0.467 e. The molecule has 15 heavy (non-hydrogen) atoms. The third-order valence-corrected chi connectivity index (χ3v) is 2.14. The quantitative estimate of drug-likeness (QED) is 0.725. The Bertz CT molecular complexity index is 387. The van der Waals surface area contributed by atoms with Gasteiger partial charge < -0.3 is 19.3 Å². The molecule has 80 valence electrons. The van der Waals surface area contributed by atoms with Crippen LogP contribution in [0.25, 0.3) is 0 Å². The zero-order chi connectivity index (χ0) is 10.8. The average Bonchev–Trinajstić information content (AvgIpc) is 2.73. The first-order valence-electron chi connectivity index (χ1n) is 4.38. The minimum Gasteiger partial charge on any atom is -0.467 e. The number of methoxy groups -OCH3 is 1. The van der Waals surface area contributed by atoms with E-state index in [-0.39, 0.29) is 6.79 Å². The van der Waals surface area contributed by atoms with Crippen molar-refractivity contribution in [2.75, 3.05) is 13.9 Å². The number of aliphatic hydroxyl groups excluding tert-OH is 1. The van der Waals surface area contributed by atoms with Crippen LogP contribution in [-0.2, 0) is 9.53 Å². The summed E-state index contributed by atoms with van der Waals surface area (Å²) in [7, 11) is 1.22. The molecule has 1 aliphatic heterocycles. The van der Waals surface area contributed by atoms with Crippen LogP contribution in [0.15, 0.2) is 18.2 Å². The topological polar surface area (TPSA) is 65.0 Å². The molecule has 5 heteroatoms. The Kier molecular flexibility index (Phi) is 2.47. The fourth-order valence-corrected chi connectivity index (χ4v) is 1.33. The van der Waals surface area contributed by atoms with Crippen molar-refractivity contribution in [3.63, 3.8) is 0 Å². The zero-order valence-electron chi connectivity index (χ0n) is 8.10. The molecule has 0 bridgehead atoms. The summed E-state index contributed by atoms with van der Waals surface area (Å²) in [6.07, 6.45) is -1.29. The molecule has 0 unspecified atom stereocenters. The van der Waals surface area contributed by atoms with Crippen molar-refractivity contribution in [2.45, 2.75) is 6.10 Å². The number of carbonyl (C=O) groups is 1. The Hall–Kier alpha value is -1.75. The molecule has 1 aromatic carbocycles. The van der Waals surface area contributed by atoms with Crippen molar-refractivity contribution in [1.82, 2.24) is 0 Å². The molecule has 1 aromatic rings. The summed E-state index contributed by atoms with van der Waals surface area (Å²) in [4.78, 5) is 11.1. The lowest BCUT2D eigenvalue weighted by Crippen LogP contribution is -2.13. The van der Waals surface area contributed by atoms with Gasteiger partial charge in [0.15, 0.2) is 17.6 Å². The zero-order valence-corrected chi connectivity index (χ0v) is 8.10. The van der Waals surface area contributed by atoms with Crippen LogP contribution >= 0.6 is 0 Å². The number of ether oxygens (including phenoxy) is 3. The van der Waals surface area contributed by atoms with Gasteiger partial charge in [-0.3, -0.25) is 0 Å². The third-order valence-electron chi connectivity index (χ3n) is 2.14. The summed E-state index contributed by atoms with van der Waals surface area (Å²) in [5.74, 6) is 0.431. The molecule has 2 rings (SSSR count). The van der Waals surface area contributed by atoms with Crippen LogP contribution in [0.3, 0.4) is 0 Å². The van der Waals surface area contributed by atoms with Gasteiger partial charge in [-0.1, -0.05) is 6.07 Å². The Morgan fingerprint density at radius 3 is 2.93 bits per heavy atom. The molecule has 0 spiro atoms. The number of hydrogen-bond acceptors (Lipinski definition) is 5. The Morgan fingerprint density at radius 1 is 1.47 bits per heavy atom. The van der Waals surface area contributed by atoms with Gasteiger partial charge in [-0.15, -0.1) is 0 Å². The van der Waals surface area contributed by atoms with Crippen molar-refractivity contribution in [3.05, 3.63) is 23.8 Å². The molecular formula is C10H10O5.